The monoisotopic (exact) mass is 315 g/mol. The van der Waals surface area contributed by atoms with Gasteiger partial charge in [-0.05, 0) is 24.2 Å². The summed E-state index contributed by atoms with van der Waals surface area (Å²) < 4.78 is 41.2. The number of aryl methyl sites for hydroxylation is 1. The molecule has 0 unspecified atom stereocenters. The van der Waals surface area contributed by atoms with E-state index in [2.05, 4.69) is 10.3 Å². The number of imidazole rings is 1. The molecule has 0 saturated heterocycles. The maximum atomic E-state index is 13.2. The highest BCUT2D eigenvalue weighted by Gasteiger charge is 2.33. The van der Waals surface area contributed by atoms with E-state index in [0.29, 0.717) is 16.6 Å². The number of benzene rings is 1. The van der Waals surface area contributed by atoms with Gasteiger partial charge in [-0.3, -0.25) is 0 Å². The largest absolute Gasteiger partial charge is 0.416 e. The van der Waals surface area contributed by atoms with Crippen LogP contribution in [0.25, 0.3) is 0 Å². The first-order valence-electron chi connectivity index (χ1n) is 6.48. The first kappa shape index (κ1) is 15.9. The third-order valence-corrected chi connectivity index (χ3v) is 4.00. The Hall–Kier alpha value is -1.47. The topological polar surface area (TPSA) is 29.9 Å². The summed E-state index contributed by atoms with van der Waals surface area (Å²) >= 11 is 1.22. The fourth-order valence-corrected chi connectivity index (χ4v) is 2.69. The summed E-state index contributed by atoms with van der Waals surface area (Å²) in [5.74, 6) is 0. The molecule has 0 spiro atoms. The molecule has 2 aromatic rings. The molecule has 0 atom stereocenters. The molecule has 1 aromatic heterocycles. The Kier molecular flexibility index (Phi) is 4.95. The highest BCUT2D eigenvalue weighted by Crippen LogP contribution is 2.36. The second-order valence-electron chi connectivity index (χ2n) is 4.52. The molecule has 0 bridgehead atoms. The fourth-order valence-electron chi connectivity index (χ4n) is 1.85. The molecule has 3 nitrogen and oxygen atoms in total. The Morgan fingerprint density at radius 1 is 1.33 bits per heavy atom. The van der Waals surface area contributed by atoms with E-state index in [4.69, 9.17) is 0 Å². The van der Waals surface area contributed by atoms with E-state index in [1.807, 2.05) is 6.92 Å². The van der Waals surface area contributed by atoms with Crippen molar-refractivity contribution >= 4 is 11.8 Å². The lowest BCUT2D eigenvalue weighted by Crippen LogP contribution is -2.17. The van der Waals surface area contributed by atoms with Gasteiger partial charge in [-0.25, -0.2) is 4.98 Å². The zero-order valence-electron chi connectivity index (χ0n) is 11.7. The van der Waals surface area contributed by atoms with Gasteiger partial charge in [0.25, 0.3) is 0 Å². The molecule has 0 aliphatic carbocycles. The van der Waals surface area contributed by atoms with E-state index in [-0.39, 0.29) is 12.1 Å². The molecular weight excluding hydrogens is 299 g/mol. The number of aromatic nitrogens is 2. The molecule has 1 aromatic carbocycles. The summed E-state index contributed by atoms with van der Waals surface area (Å²) in [5, 5.41) is 3.58. The van der Waals surface area contributed by atoms with Crippen molar-refractivity contribution in [2.75, 3.05) is 6.54 Å². The Morgan fingerprint density at radius 2 is 2.10 bits per heavy atom. The molecule has 1 N–H and O–H groups in total. The quantitative estimate of drug-likeness (QED) is 0.912. The third kappa shape index (κ3) is 4.01. The number of halogens is 3. The molecular formula is C14H16F3N3S. The van der Waals surface area contributed by atoms with Crippen molar-refractivity contribution in [3.05, 3.63) is 41.7 Å². The first-order valence-corrected chi connectivity index (χ1v) is 7.29. The van der Waals surface area contributed by atoms with Crippen molar-refractivity contribution in [1.82, 2.24) is 14.9 Å². The maximum Gasteiger partial charge on any atom is 0.416 e. The van der Waals surface area contributed by atoms with Gasteiger partial charge in [-0.2, -0.15) is 13.2 Å². The maximum absolute atomic E-state index is 13.2. The minimum Gasteiger partial charge on any atom is -0.329 e. The molecule has 0 aliphatic heterocycles. The lowest BCUT2D eigenvalue weighted by Gasteiger charge is -2.14. The number of rotatable bonds is 5. The number of hydrogen-bond donors (Lipinski definition) is 1. The van der Waals surface area contributed by atoms with Gasteiger partial charge in [0.05, 0.1) is 5.56 Å². The minimum atomic E-state index is -4.36. The summed E-state index contributed by atoms with van der Waals surface area (Å²) in [6, 6.07) is 4.41. The Balaban J connectivity index is 2.30. The number of nitrogens with one attached hydrogen (secondary N) is 1. The number of nitrogens with zero attached hydrogens (tertiary/aromatic N) is 2. The van der Waals surface area contributed by atoms with Crippen LogP contribution in [0.4, 0.5) is 13.2 Å². The number of alkyl halides is 3. The van der Waals surface area contributed by atoms with Crippen molar-refractivity contribution in [2.24, 2.45) is 7.05 Å². The molecule has 21 heavy (non-hydrogen) atoms. The van der Waals surface area contributed by atoms with Gasteiger partial charge in [0, 0.05) is 30.9 Å². The Bertz CT molecular complexity index is 608. The van der Waals surface area contributed by atoms with Crippen LogP contribution in [0, 0.1) is 0 Å². The second-order valence-corrected chi connectivity index (χ2v) is 5.56. The summed E-state index contributed by atoms with van der Waals surface area (Å²) in [7, 11) is 1.81. The molecule has 1 heterocycles. The van der Waals surface area contributed by atoms with Crippen LogP contribution in [0.3, 0.4) is 0 Å². The minimum absolute atomic E-state index is 0.207. The average Bonchev–Trinajstić information content (AvgIpc) is 2.82. The van der Waals surface area contributed by atoms with E-state index >= 15 is 0 Å². The van der Waals surface area contributed by atoms with Crippen LogP contribution >= 0.6 is 11.8 Å². The lowest BCUT2D eigenvalue weighted by atomic mass is 10.1. The summed E-state index contributed by atoms with van der Waals surface area (Å²) in [5.41, 5.74) is -0.337. The number of hydrogen-bond acceptors (Lipinski definition) is 3. The Morgan fingerprint density at radius 3 is 2.67 bits per heavy atom. The van der Waals surface area contributed by atoms with Gasteiger partial charge in [-0.15, -0.1) is 0 Å². The van der Waals surface area contributed by atoms with E-state index < -0.39 is 11.7 Å². The highest BCUT2D eigenvalue weighted by atomic mass is 32.2. The fraction of sp³-hybridized carbons (Fsp3) is 0.357. The molecule has 0 aliphatic rings. The summed E-state index contributed by atoms with van der Waals surface area (Å²) in [6.45, 7) is 2.69. The molecule has 7 heteroatoms. The van der Waals surface area contributed by atoms with Crippen LogP contribution in [-0.2, 0) is 19.8 Å². The molecule has 114 valence electrons. The highest BCUT2D eigenvalue weighted by molar-refractivity contribution is 7.99. The van der Waals surface area contributed by atoms with Gasteiger partial charge in [0.1, 0.15) is 0 Å². The van der Waals surface area contributed by atoms with E-state index in [1.165, 1.54) is 23.9 Å². The predicted octanol–water partition coefficient (Wildman–Crippen LogP) is 3.70. The van der Waals surface area contributed by atoms with Crippen molar-refractivity contribution in [3.8, 4) is 0 Å². The van der Waals surface area contributed by atoms with Gasteiger partial charge in [0.2, 0.25) is 0 Å². The van der Waals surface area contributed by atoms with E-state index in [9.17, 15) is 13.2 Å². The smallest absolute Gasteiger partial charge is 0.329 e. The van der Waals surface area contributed by atoms with Crippen molar-refractivity contribution in [1.29, 1.82) is 0 Å². The lowest BCUT2D eigenvalue weighted by molar-refractivity contribution is -0.138. The zero-order valence-corrected chi connectivity index (χ0v) is 12.6. The van der Waals surface area contributed by atoms with Crippen LogP contribution in [0.15, 0.2) is 40.6 Å². The van der Waals surface area contributed by atoms with Crippen LogP contribution in [0.2, 0.25) is 0 Å². The predicted molar refractivity (Wildman–Crippen MR) is 76.2 cm³/mol. The third-order valence-electron chi connectivity index (χ3n) is 2.94. The standard InChI is InChI=1S/C14H16F3N3S/c1-3-18-9-10-4-5-11(8-12(10)14(15,16)17)21-13-19-6-7-20(13)2/h4-8,18H,3,9H2,1-2H3. The van der Waals surface area contributed by atoms with Crippen molar-refractivity contribution in [3.63, 3.8) is 0 Å². The van der Waals surface area contributed by atoms with E-state index in [0.717, 1.165) is 0 Å². The molecule has 0 fully saturated rings. The van der Waals surface area contributed by atoms with Gasteiger partial charge in [-0.1, -0.05) is 24.8 Å². The van der Waals surface area contributed by atoms with Gasteiger partial charge < -0.3 is 9.88 Å². The second kappa shape index (κ2) is 6.53. The summed E-state index contributed by atoms with van der Waals surface area (Å²) in [4.78, 5) is 4.63. The van der Waals surface area contributed by atoms with Crippen LogP contribution in [-0.4, -0.2) is 16.1 Å². The molecule has 2 rings (SSSR count). The van der Waals surface area contributed by atoms with Crippen LogP contribution in [0.1, 0.15) is 18.1 Å². The normalized spacial score (nSPS) is 11.9. The zero-order chi connectivity index (χ0) is 15.5. The SMILES string of the molecule is CCNCc1ccc(Sc2nccn2C)cc1C(F)(F)F. The molecule has 0 saturated carbocycles. The van der Waals surface area contributed by atoms with Crippen molar-refractivity contribution < 1.29 is 13.2 Å². The van der Waals surface area contributed by atoms with Crippen LogP contribution < -0.4 is 5.32 Å². The molecule has 0 radical (unpaired) electrons. The summed E-state index contributed by atoms with van der Waals surface area (Å²) in [6.07, 6.45) is -0.984. The van der Waals surface area contributed by atoms with Gasteiger partial charge in [0.15, 0.2) is 5.16 Å². The van der Waals surface area contributed by atoms with Crippen LogP contribution in [0.5, 0.6) is 0 Å². The van der Waals surface area contributed by atoms with Crippen molar-refractivity contribution in [2.45, 2.75) is 29.7 Å². The van der Waals surface area contributed by atoms with Gasteiger partial charge >= 0.3 is 6.18 Å². The van der Waals surface area contributed by atoms with E-state index in [1.54, 1.807) is 30.1 Å². The first-order chi connectivity index (χ1) is 9.91. The molecule has 0 amide bonds. The Labute approximate surface area is 125 Å². The average molecular weight is 315 g/mol.